The second-order valence-electron chi connectivity index (χ2n) is 3.61. The van der Waals surface area contributed by atoms with Gasteiger partial charge in [-0.3, -0.25) is 0 Å². The van der Waals surface area contributed by atoms with E-state index < -0.39 is 0 Å². The van der Waals surface area contributed by atoms with E-state index in [0.717, 1.165) is 14.7 Å². The highest BCUT2D eigenvalue weighted by atomic mass is 127. The quantitative estimate of drug-likeness (QED) is 0.877. The van der Waals surface area contributed by atoms with Crippen LogP contribution in [0.3, 0.4) is 0 Å². The largest absolute Gasteiger partial charge is 0.472 e. The minimum Gasteiger partial charge on any atom is -0.472 e. The Kier molecular flexibility index (Phi) is 3.60. The van der Waals surface area contributed by atoms with E-state index in [2.05, 4.69) is 22.6 Å². The van der Waals surface area contributed by atoms with Gasteiger partial charge in [0, 0.05) is 9.61 Å². The zero-order valence-electron chi connectivity index (χ0n) is 8.49. The third kappa shape index (κ3) is 2.62. The van der Waals surface area contributed by atoms with Crippen LogP contribution in [0.4, 0.5) is 4.39 Å². The first-order chi connectivity index (χ1) is 7.66. The van der Waals surface area contributed by atoms with E-state index in [1.54, 1.807) is 18.6 Å². The Balaban J connectivity index is 2.17. The van der Waals surface area contributed by atoms with Gasteiger partial charge in [0.1, 0.15) is 5.82 Å². The van der Waals surface area contributed by atoms with Crippen molar-refractivity contribution in [3.8, 4) is 0 Å². The van der Waals surface area contributed by atoms with Gasteiger partial charge in [-0.05, 0) is 58.3 Å². The SMILES string of the molecule is NC(Cc1ccoc1)c1ccc(F)cc1I. The molecule has 2 rings (SSSR count). The van der Waals surface area contributed by atoms with E-state index in [-0.39, 0.29) is 11.9 Å². The lowest BCUT2D eigenvalue weighted by Gasteiger charge is -2.12. The van der Waals surface area contributed by atoms with Crippen molar-refractivity contribution in [2.45, 2.75) is 12.5 Å². The summed E-state index contributed by atoms with van der Waals surface area (Å²) in [7, 11) is 0. The first kappa shape index (κ1) is 11.6. The summed E-state index contributed by atoms with van der Waals surface area (Å²) in [5, 5.41) is 0. The van der Waals surface area contributed by atoms with E-state index in [1.165, 1.54) is 12.1 Å². The van der Waals surface area contributed by atoms with Crippen molar-refractivity contribution >= 4 is 22.6 Å². The molecule has 0 saturated heterocycles. The van der Waals surface area contributed by atoms with Gasteiger partial charge in [0.15, 0.2) is 0 Å². The van der Waals surface area contributed by atoms with Crippen LogP contribution in [0.15, 0.2) is 41.2 Å². The predicted octanol–water partition coefficient (Wildman–Crippen LogP) is 3.27. The van der Waals surface area contributed by atoms with Crippen LogP contribution in [0.1, 0.15) is 17.2 Å². The average Bonchev–Trinajstić information content (AvgIpc) is 2.70. The van der Waals surface area contributed by atoms with Crippen molar-refractivity contribution in [1.29, 1.82) is 0 Å². The van der Waals surface area contributed by atoms with Gasteiger partial charge in [0.25, 0.3) is 0 Å². The monoisotopic (exact) mass is 331 g/mol. The predicted molar refractivity (Wildman–Crippen MR) is 68.5 cm³/mol. The number of benzene rings is 1. The number of rotatable bonds is 3. The van der Waals surface area contributed by atoms with Crippen molar-refractivity contribution < 1.29 is 8.81 Å². The molecule has 0 aliphatic rings. The van der Waals surface area contributed by atoms with Crippen LogP contribution in [0, 0.1) is 9.39 Å². The fraction of sp³-hybridized carbons (Fsp3) is 0.167. The molecule has 16 heavy (non-hydrogen) atoms. The lowest BCUT2D eigenvalue weighted by molar-refractivity contribution is 0.561. The van der Waals surface area contributed by atoms with E-state index in [1.807, 2.05) is 6.07 Å². The van der Waals surface area contributed by atoms with Crippen LogP contribution in [-0.2, 0) is 6.42 Å². The van der Waals surface area contributed by atoms with Crippen LogP contribution in [0.25, 0.3) is 0 Å². The molecule has 0 aliphatic heterocycles. The molecular formula is C12H11FINO. The first-order valence-corrected chi connectivity index (χ1v) is 5.96. The molecule has 1 aromatic heterocycles. The van der Waals surface area contributed by atoms with Gasteiger partial charge in [0.2, 0.25) is 0 Å². The Labute approximate surface area is 107 Å². The highest BCUT2D eigenvalue weighted by Crippen LogP contribution is 2.22. The fourth-order valence-corrected chi connectivity index (χ4v) is 2.45. The molecule has 1 heterocycles. The van der Waals surface area contributed by atoms with Crippen LogP contribution >= 0.6 is 22.6 Å². The summed E-state index contributed by atoms with van der Waals surface area (Å²) >= 11 is 2.10. The fourth-order valence-electron chi connectivity index (χ4n) is 1.57. The molecule has 0 saturated carbocycles. The molecule has 2 aromatic rings. The van der Waals surface area contributed by atoms with Crippen molar-refractivity contribution in [3.05, 3.63) is 57.3 Å². The number of hydrogen-bond donors (Lipinski definition) is 1. The first-order valence-electron chi connectivity index (χ1n) is 4.88. The van der Waals surface area contributed by atoms with E-state index in [0.29, 0.717) is 6.42 Å². The maximum absolute atomic E-state index is 12.9. The summed E-state index contributed by atoms with van der Waals surface area (Å²) in [5.41, 5.74) is 8.08. The molecule has 1 atom stereocenters. The molecule has 2 nitrogen and oxygen atoms in total. The molecule has 0 bridgehead atoms. The Morgan fingerprint density at radius 1 is 1.38 bits per heavy atom. The molecule has 2 N–H and O–H groups in total. The molecule has 4 heteroatoms. The zero-order valence-corrected chi connectivity index (χ0v) is 10.6. The Morgan fingerprint density at radius 3 is 2.81 bits per heavy atom. The Morgan fingerprint density at radius 2 is 2.19 bits per heavy atom. The summed E-state index contributed by atoms with van der Waals surface area (Å²) in [6.07, 6.45) is 3.99. The summed E-state index contributed by atoms with van der Waals surface area (Å²) in [6, 6.07) is 6.42. The topological polar surface area (TPSA) is 39.2 Å². The number of hydrogen-bond acceptors (Lipinski definition) is 2. The second kappa shape index (κ2) is 4.97. The van der Waals surface area contributed by atoms with E-state index >= 15 is 0 Å². The molecule has 1 unspecified atom stereocenters. The van der Waals surface area contributed by atoms with Crippen LogP contribution < -0.4 is 5.73 Å². The molecule has 0 spiro atoms. The third-order valence-electron chi connectivity index (χ3n) is 2.40. The van der Waals surface area contributed by atoms with Gasteiger partial charge in [0.05, 0.1) is 12.5 Å². The number of halogens is 2. The summed E-state index contributed by atoms with van der Waals surface area (Å²) in [5.74, 6) is -0.233. The zero-order chi connectivity index (χ0) is 11.5. The molecule has 0 aliphatic carbocycles. The lowest BCUT2D eigenvalue weighted by atomic mass is 10.0. The molecule has 0 amide bonds. The smallest absolute Gasteiger partial charge is 0.124 e. The highest BCUT2D eigenvalue weighted by molar-refractivity contribution is 14.1. The standard InChI is InChI=1S/C12H11FINO/c13-9-1-2-10(11(14)6-9)12(15)5-8-3-4-16-7-8/h1-4,6-7,12H,5,15H2. The van der Waals surface area contributed by atoms with Gasteiger partial charge in [-0.15, -0.1) is 0 Å². The molecule has 0 radical (unpaired) electrons. The van der Waals surface area contributed by atoms with Gasteiger partial charge in [-0.2, -0.15) is 0 Å². The number of furan rings is 1. The maximum Gasteiger partial charge on any atom is 0.124 e. The van der Waals surface area contributed by atoms with E-state index in [9.17, 15) is 4.39 Å². The van der Waals surface area contributed by atoms with Crippen molar-refractivity contribution in [2.75, 3.05) is 0 Å². The molecule has 84 valence electrons. The highest BCUT2D eigenvalue weighted by Gasteiger charge is 2.11. The molecular weight excluding hydrogens is 320 g/mol. The lowest BCUT2D eigenvalue weighted by Crippen LogP contribution is -2.14. The van der Waals surface area contributed by atoms with Crippen molar-refractivity contribution in [2.24, 2.45) is 5.73 Å². The summed E-state index contributed by atoms with van der Waals surface area (Å²) in [4.78, 5) is 0. The van der Waals surface area contributed by atoms with Crippen LogP contribution in [0.2, 0.25) is 0 Å². The van der Waals surface area contributed by atoms with Gasteiger partial charge >= 0.3 is 0 Å². The third-order valence-corrected chi connectivity index (χ3v) is 3.33. The van der Waals surface area contributed by atoms with Gasteiger partial charge in [-0.25, -0.2) is 4.39 Å². The minimum absolute atomic E-state index is 0.134. The summed E-state index contributed by atoms with van der Waals surface area (Å²) < 4.78 is 18.8. The van der Waals surface area contributed by atoms with Gasteiger partial charge < -0.3 is 10.2 Å². The molecule has 1 aromatic carbocycles. The van der Waals surface area contributed by atoms with Crippen LogP contribution in [0.5, 0.6) is 0 Å². The van der Waals surface area contributed by atoms with E-state index in [4.69, 9.17) is 10.2 Å². The maximum atomic E-state index is 12.9. The molecule has 0 fully saturated rings. The van der Waals surface area contributed by atoms with Crippen molar-refractivity contribution in [1.82, 2.24) is 0 Å². The second-order valence-corrected chi connectivity index (χ2v) is 4.77. The Hall–Kier alpha value is -0.880. The minimum atomic E-state index is -0.233. The summed E-state index contributed by atoms with van der Waals surface area (Å²) in [6.45, 7) is 0. The number of nitrogens with two attached hydrogens (primary N) is 1. The van der Waals surface area contributed by atoms with Gasteiger partial charge in [-0.1, -0.05) is 6.07 Å². The van der Waals surface area contributed by atoms with Crippen LogP contribution in [-0.4, -0.2) is 0 Å². The average molecular weight is 331 g/mol. The normalized spacial score (nSPS) is 12.7. The van der Waals surface area contributed by atoms with Crippen molar-refractivity contribution in [3.63, 3.8) is 0 Å². The Bertz CT molecular complexity index is 470.